The first-order valence-electron chi connectivity index (χ1n) is 8.33. The number of ether oxygens (including phenoxy) is 1. The van der Waals surface area contributed by atoms with Gasteiger partial charge in [-0.05, 0) is 36.1 Å². The van der Waals surface area contributed by atoms with Gasteiger partial charge in [0.25, 0.3) is 0 Å². The average molecular weight is 336 g/mol. The average Bonchev–Trinajstić information content (AvgIpc) is 2.67. The van der Waals surface area contributed by atoms with E-state index in [2.05, 4.69) is 6.07 Å². The lowest BCUT2D eigenvalue weighted by Gasteiger charge is -2.37. The minimum absolute atomic E-state index is 0.153. The molecule has 0 radical (unpaired) electrons. The Morgan fingerprint density at radius 1 is 1.16 bits per heavy atom. The molecule has 1 N–H and O–H groups in total. The van der Waals surface area contributed by atoms with Crippen LogP contribution in [-0.2, 0) is 11.3 Å². The molecule has 0 aliphatic carbocycles. The molecule has 5 nitrogen and oxygen atoms in total. The van der Waals surface area contributed by atoms with Crippen molar-refractivity contribution in [3.05, 3.63) is 71.3 Å². The third-order valence-corrected chi connectivity index (χ3v) is 4.42. The van der Waals surface area contributed by atoms with Gasteiger partial charge in [0.05, 0.1) is 30.3 Å². The van der Waals surface area contributed by atoms with E-state index in [0.717, 1.165) is 11.1 Å². The summed E-state index contributed by atoms with van der Waals surface area (Å²) in [5, 5.41) is 18.9. The lowest BCUT2D eigenvalue weighted by atomic mass is 9.94. The zero-order chi connectivity index (χ0) is 17.6. The summed E-state index contributed by atoms with van der Waals surface area (Å²) in [6.07, 6.45) is 0.316. The van der Waals surface area contributed by atoms with Crippen LogP contribution in [0.25, 0.3) is 0 Å². The Hall–Kier alpha value is -2.84. The van der Waals surface area contributed by atoms with Crippen LogP contribution in [0.5, 0.6) is 0 Å². The molecule has 1 aliphatic rings. The van der Waals surface area contributed by atoms with Crippen LogP contribution in [0.2, 0.25) is 0 Å². The molecule has 0 unspecified atom stereocenters. The number of piperidine rings is 1. The molecule has 5 heteroatoms. The highest BCUT2D eigenvalue weighted by Gasteiger charge is 2.32. The standard InChI is InChI=1S/C20H20N2O3/c21-12-15-6-8-17(9-7-15)19-11-10-18(23)13-22(19)20(24)25-14-16-4-2-1-3-5-16/h1-9,18-19,23H,10-11,13-14H2/t18-,19+/m0/s1. The van der Waals surface area contributed by atoms with Crippen LogP contribution in [0.3, 0.4) is 0 Å². The van der Waals surface area contributed by atoms with Crippen LogP contribution in [0, 0.1) is 11.3 Å². The fourth-order valence-corrected chi connectivity index (χ4v) is 3.08. The number of benzene rings is 2. The first-order valence-corrected chi connectivity index (χ1v) is 8.33. The number of hydrogen-bond donors (Lipinski definition) is 1. The number of β-amino-alcohol motifs (C(OH)–C–C–N with tert-alkyl or cyclic N) is 1. The highest BCUT2D eigenvalue weighted by Crippen LogP contribution is 2.31. The first-order chi connectivity index (χ1) is 12.2. The Kier molecular flexibility index (Phi) is 5.32. The van der Waals surface area contributed by atoms with Gasteiger partial charge in [-0.3, -0.25) is 4.90 Å². The summed E-state index contributed by atoms with van der Waals surface area (Å²) in [4.78, 5) is 14.1. The van der Waals surface area contributed by atoms with Crippen LogP contribution < -0.4 is 0 Å². The second-order valence-corrected chi connectivity index (χ2v) is 6.17. The fraction of sp³-hybridized carbons (Fsp3) is 0.300. The van der Waals surface area contributed by atoms with Crippen LogP contribution >= 0.6 is 0 Å². The van der Waals surface area contributed by atoms with Crippen molar-refractivity contribution < 1.29 is 14.6 Å². The second kappa shape index (κ2) is 7.82. The number of aliphatic hydroxyl groups excluding tert-OH is 1. The van der Waals surface area contributed by atoms with E-state index in [-0.39, 0.29) is 19.2 Å². The maximum absolute atomic E-state index is 12.6. The number of nitriles is 1. The Balaban J connectivity index is 1.72. The molecule has 2 atom stereocenters. The van der Waals surface area contributed by atoms with Crippen molar-refractivity contribution in [2.75, 3.05) is 6.54 Å². The number of hydrogen-bond acceptors (Lipinski definition) is 4. The van der Waals surface area contributed by atoms with Crippen molar-refractivity contribution >= 4 is 6.09 Å². The maximum Gasteiger partial charge on any atom is 0.410 e. The normalized spacial score (nSPS) is 19.9. The third-order valence-electron chi connectivity index (χ3n) is 4.42. The summed E-state index contributed by atoms with van der Waals surface area (Å²) >= 11 is 0. The SMILES string of the molecule is N#Cc1ccc([C@H]2CC[C@H](O)CN2C(=O)OCc2ccccc2)cc1. The van der Waals surface area contributed by atoms with E-state index < -0.39 is 12.2 Å². The lowest BCUT2D eigenvalue weighted by Crippen LogP contribution is -2.44. The van der Waals surface area contributed by atoms with Crippen LogP contribution in [0.15, 0.2) is 54.6 Å². The molecule has 2 aromatic carbocycles. The molecule has 1 aliphatic heterocycles. The van der Waals surface area contributed by atoms with Gasteiger partial charge in [0.15, 0.2) is 0 Å². The third kappa shape index (κ3) is 4.17. The number of nitrogens with zero attached hydrogens (tertiary/aromatic N) is 2. The minimum Gasteiger partial charge on any atom is -0.445 e. The predicted molar refractivity (Wildman–Crippen MR) is 92.5 cm³/mol. The van der Waals surface area contributed by atoms with E-state index in [4.69, 9.17) is 10.00 Å². The summed E-state index contributed by atoms with van der Waals surface area (Å²) in [5.41, 5.74) is 2.45. The second-order valence-electron chi connectivity index (χ2n) is 6.17. The summed E-state index contributed by atoms with van der Waals surface area (Å²) in [6.45, 7) is 0.449. The Bertz CT molecular complexity index is 753. The molecule has 25 heavy (non-hydrogen) atoms. The van der Waals surface area contributed by atoms with Gasteiger partial charge in [-0.25, -0.2) is 4.79 Å². The van der Waals surface area contributed by atoms with Gasteiger partial charge in [0.1, 0.15) is 6.61 Å². The first kappa shape index (κ1) is 17.0. The number of amides is 1. The van der Waals surface area contributed by atoms with Gasteiger partial charge in [-0.1, -0.05) is 42.5 Å². The summed E-state index contributed by atoms with van der Waals surface area (Å²) in [6, 6.07) is 18.6. The van der Waals surface area contributed by atoms with E-state index in [9.17, 15) is 9.90 Å². The fourth-order valence-electron chi connectivity index (χ4n) is 3.08. The minimum atomic E-state index is -0.543. The quantitative estimate of drug-likeness (QED) is 0.932. The topological polar surface area (TPSA) is 73.6 Å². The molecule has 0 bridgehead atoms. The number of carbonyl (C=O) groups excluding carboxylic acids is 1. The van der Waals surface area contributed by atoms with Crippen molar-refractivity contribution in [1.29, 1.82) is 5.26 Å². The molecule has 0 saturated carbocycles. The molecule has 1 heterocycles. The zero-order valence-corrected chi connectivity index (χ0v) is 13.8. The summed E-state index contributed by atoms with van der Waals surface area (Å²) < 4.78 is 5.44. The molecule has 1 fully saturated rings. The molecule has 0 aromatic heterocycles. The predicted octanol–water partition coefficient (Wildman–Crippen LogP) is 3.39. The van der Waals surface area contributed by atoms with Gasteiger partial charge in [0.2, 0.25) is 0 Å². The number of rotatable bonds is 3. The van der Waals surface area contributed by atoms with Gasteiger partial charge in [-0.15, -0.1) is 0 Å². The van der Waals surface area contributed by atoms with Gasteiger partial charge >= 0.3 is 6.09 Å². The van der Waals surface area contributed by atoms with E-state index in [0.29, 0.717) is 18.4 Å². The Morgan fingerprint density at radius 2 is 1.88 bits per heavy atom. The van der Waals surface area contributed by atoms with E-state index in [1.807, 2.05) is 42.5 Å². The molecular formula is C20H20N2O3. The number of aliphatic hydroxyl groups is 1. The van der Waals surface area contributed by atoms with Crippen molar-refractivity contribution in [2.24, 2.45) is 0 Å². The van der Waals surface area contributed by atoms with E-state index >= 15 is 0 Å². The van der Waals surface area contributed by atoms with Crippen molar-refractivity contribution in [3.63, 3.8) is 0 Å². The van der Waals surface area contributed by atoms with Gasteiger partial charge in [-0.2, -0.15) is 5.26 Å². The molecule has 1 amide bonds. The zero-order valence-electron chi connectivity index (χ0n) is 13.8. The molecule has 1 saturated heterocycles. The van der Waals surface area contributed by atoms with Crippen molar-refractivity contribution in [2.45, 2.75) is 31.6 Å². The molecule has 2 aromatic rings. The summed E-state index contributed by atoms with van der Waals surface area (Å²) in [7, 11) is 0. The van der Waals surface area contributed by atoms with Gasteiger partial charge in [0, 0.05) is 0 Å². The molecular weight excluding hydrogens is 316 g/mol. The Morgan fingerprint density at radius 3 is 2.56 bits per heavy atom. The smallest absolute Gasteiger partial charge is 0.410 e. The highest BCUT2D eigenvalue weighted by molar-refractivity contribution is 5.68. The molecule has 128 valence electrons. The van der Waals surface area contributed by atoms with Crippen LogP contribution in [0.1, 0.15) is 35.6 Å². The molecule has 0 spiro atoms. The largest absolute Gasteiger partial charge is 0.445 e. The monoisotopic (exact) mass is 336 g/mol. The van der Waals surface area contributed by atoms with Crippen LogP contribution in [-0.4, -0.2) is 28.7 Å². The summed E-state index contributed by atoms with van der Waals surface area (Å²) in [5.74, 6) is 0. The van der Waals surface area contributed by atoms with E-state index in [1.165, 1.54) is 0 Å². The Labute approximate surface area is 147 Å². The van der Waals surface area contributed by atoms with Crippen LogP contribution in [0.4, 0.5) is 4.79 Å². The lowest BCUT2D eigenvalue weighted by molar-refractivity contribution is 0.0199. The maximum atomic E-state index is 12.6. The van der Waals surface area contributed by atoms with E-state index in [1.54, 1.807) is 17.0 Å². The van der Waals surface area contributed by atoms with Crippen molar-refractivity contribution in [3.8, 4) is 6.07 Å². The molecule has 3 rings (SSSR count). The van der Waals surface area contributed by atoms with Crippen molar-refractivity contribution in [1.82, 2.24) is 4.90 Å². The highest BCUT2D eigenvalue weighted by atomic mass is 16.6. The number of carbonyl (C=O) groups is 1. The van der Waals surface area contributed by atoms with Gasteiger partial charge < -0.3 is 9.84 Å². The number of likely N-dealkylation sites (tertiary alicyclic amines) is 1.